The van der Waals surface area contributed by atoms with Crippen molar-refractivity contribution in [3.05, 3.63) is 54.4 Å². The molecule has 3 heterocycles. The van der Waals surface area contributed by atoms with Gasteiger partial charge in [0.1, 0.15) is 0 Å². The highest BCUT2D eigenvalue weighted by Gasteiger charge is 2.58. The van der Waals surface area contributed by atoms with Gasteiger partial charge in [0.05, 0.1) is 5.41 Å². The Hall–Kier alpha value is -2.40. The molecule has 0 bridgehead atoms. The van der Waals surface area contributed by atoms with Crippen molar-refractivity contribution in [2.45, 2.75) is 18.3 Å². The molecule has 1 aromatic carbocycles. The van der Waals surface area contributed by atoms with Gasteiger partial charge < -0.3 is 9.80 Å². The van der Waals surface area contributed by atoms with Gasteiger partial charge >= 0.3 is 0 Å². The third kappa shape index (κ3) is 2.50. The van der Waals surface area contributed by atoms with E-state index in [0.29, 0.717) is 5.91 Å². The molecule has 1 saturated carbocycles. The number of fused-ring (bicyclic) bond motifs is 2. The normalized spacial score (nSPS) is 21.3. The van der Waals surface area contributed by atoms with Gasteiger partial charge in [-0.1, -0.05) is 18.2 Å². The SMILES string of the molecule is O=C1N(CCN2CCN(c3ccncc3)CC2)c2ccccc2C12CC2. The molecule has 134 valence electrons. The summed E-state index contributed by atoms with van der Waals surface area (Å²) in [5.41, 5.74) is 3.48. The van der Waals surface area contributed by atoms with Crippen LogP contribution in [0.15, 0.2) is 48.8 Å². The van der Waals surface area contributed by atoms with Crippen molar-refractivity contribution < 1.29 is 4.79 Å². The Morgan fingerprint density at radius 3 is 2.38 bits per heavy atom. The molecular weight excluding hydrogens is 324 g/mol. The molecule has 26 heavy (non-hydrogen) atoms. The van der Waals surface area contributed by atoms with E-state index in [1.165, 1.54) is 11.3 Å². The molecule has 2 aromatic rings. The minimum Gasteiger partial charge on any atom is -0.369 e. The monoisotopic (exact) mass is 348 g/mol. The van der Waals surface area contributed by atoms with E-state index in [0.717, 1.165) is 57.8 Å². The number of pyridine rings is 1. The Bertz CT molecular complexity index is 810. The summed E-state index contributed by atoms with van der Waals surface area (Å²) in [7, 11) is 0. The number of rotatable bonds is 4. The first-order chi connectivity index (χ1) is 12.8. The smallest absolute Gasteiger partial charge is 0.237 e. The van der Waals surface area contributed by atoms with E-state index in [1.54, 1.807) is 0 Å². The summed E-state index contributed by atoms with van der Waals surface area (Å²) in [5.74, 6) is 0.328. The first-order valence-corrected chi connectivity index (χ1v) is 9.57. The van der Waals surface area contributed by atoms with Crippen LogP contribution >= 0.6 is 0 Å². The van der Waals surface area contributed by atoms with Crippen molar-refractivity contribution in [3.8, 4) is 0 Å². The zero-order valence-electron chi connectivity index (χ0n) is 15.0. The van der Waals surface area contributed by atoms with Gasteiger partial charge in [0.2, 0.25) is 5.91 Å². The number of piperazine rings is 1. The van der Waals surface area contributed by atoms with Crippen molar-refractivity contribution in [3.63, 3.8) is 0 Å². The van der Waals surface area contributed by atoms with E-state index in [-0.39, 0.29) is 5.41 Å². The standard InChI is InChI=1S/C21H24N4O/c26-20-21(7-8-21)18-3-1-2-4-19(18)25(20)16-13-23-11-14-24(15-12-23)17-5-9-22-10-6-17/h1-6,9-10H,7-8,11-16H2. The Morgan fingerprint density at radius 2 is 1.65 bits per heavy atom. The van der Waals surface area contributed by atoms with Gasteiger partial charge in [-0.3, -0.25) is 14.7 Å². The Kier molecular flexibility index (Phi) is 3.71. The van der Waals surface area contributed by atoms with Gasteiger partial charge in [-0.05, 0) is 36.6 Å². The fourth-order valence-corrected chi connectivity index (χ4v) is 4.45. The van der Waals surface area contributed by atoms with E-state index in [9.17, 15) is 4.79 Å². The van der Waals surface area contributed by atoms with Crippen molar-refractivity contribution in [1.82, 2.24) is 9.88 Å². The molecule has 1 aromatic heterocycles. The number of anilines is 2. The van der Waals surface area contributed by atoms with Crippen molar-refractivity contribution in [2.24, 2.45) is 0 Å². The maximum atomic E-state index is 12.9. The Labute approximate surface area is 154 Å². The lowest BCUT2D eigenvalue weighted by Gasteiger charge is -2.36. The topological polar surface area (TPSA) is 39.7 Å². The van der Waals surface area contributed by atoms with Crippen LogP contribution in [-0.4, -0.2) is 55.1 Å². The van der Waals surface area contributed by atoms with Gasteiger partial charge in [-0.15, -0.1) is 0 Å². The number of carbonyl (C=O) groups excluding carboxylic acids is 1. The van der Waals surface area contributed by atoms with Gasteiger partial charge in [0.25, 0.3) is 0 Å². The zero-order valence-corrected chi connectivity index (χ0v) is 15.0. The second-order valence-electron chi connectivity index (χ2n) is 7.59. The van der Waals surface area contributed by atoms with Crippen LogP contribution in [0.3, 0.4) is 0 Å². The summed E-state index contributed by atoms with van der Waals surface area (Å²) < 4.78 is 0. The molecule has 1 spiro atoms. The number of hydrogen-bond donors (Lipinski definition) is 0. The number of nitrogens with zero attached hydrogens (tertiary/aromatic N) is 4. The molecule has 0 N–H and O–H groups in total. The molecule has 3 aliphatic rings. The predicted octanol–water partition coefficient (Wildman–Crippen LogP) is 2.28. The van der Waals surface area contributed by atoms with E-state index in [2.05, 4.69) is 45.1 Å². The molecular formula is C21H24N4O. The molecule has 5 heteroatoms. The summed E-state index contributed by atoms with van der Waals surface area (Å²) in [6.07, 6.45) is 5.74. The highest BCUT2D eigenvalue weighted by atomic mass is 16.2. The van der Waals surface area contributed by atoms with Crippen LogP contribution in [0.25, 0.3) is 0 Å². The summed E-state index contributed by atoms with van der Waals surface area (Å²) >= 11 is 0. The van der Waals surface area contributed by atoms with E-state index in [1.807, 2.05) is 23.4 Å². The van der Waals surface area contributed by atoms with Crippen LogP contribution in [0.4, 0.5) is 11.4 Å². The fraction of sp³-hybridized carbons (Fsp3) is 0.429. The molecule has 2 fully saturated rings. The summed E-state index contributed by atoms with van der Waals surface area (Å²) in [6.45, 7) is 5.87. The summed E-state index contributed by atoms with van der Waals surface area (Å²) in [5, 5.41) is 0. The third-order valence-corrected chi connectivity index (χ3v) is 6.15. The summed E-state index contributed by atoms with van der Waals surface area (Å²) in [4.78, 5) is 24.0. The predicted molar refractivity (Wildman–Crippen MR) is 103 cm³/mol. The third-order valence-electron chi connectivity index (χ3n) is 6.15. The maximum Gasteiger partial charge on any atom is 0.237 e. The quantitative estimate of drug-likeness (QED) is 0.850. The molecule has 2 aliphatic heterocycles. The van der Waals surface area contributed by atoms with Gasteiger partial charge in [0.15, 0.2) is 0 Å². The highest BCUT2D eigenvalue weighted by molar-refractivity contribution is 6.10. The maximum absolute atomic E-state index is 12.9. The molecule has 0 atom stereocenters. The van der Waals surface area contributed by atoms with Crippen LogP contribution in [-0.2, 0) is 10.2 Å². The molecule has 5 nitrogen and oxygen atoms in total. The van der Waals surface area contributed by atoms with E-state index >= 15 is 0 Å². The van der Waals surface area contributed by atoms with Crippen LogP contribution in [0, 0.1) is 0 Å². The first-order valence-electron chi connectivity index (χ1n) is 9.57. The zero-order chi connectivity index (χ0) is 17.6. The minimum absolute atomic E-state index is 0.170. The lowest BCUT2D eigenvalue weighted by atomic mass is 9.98. The van der Waals surface area contributed by atoms with E-state index in [4.69, 9.17) is 0 Å². The van der Waals surface area contributed by atoms with Crippen LogP contribution < -0.4 is 9.80 Å². The fourth-order valence-electron chi connectivity index (χ4n) is 4.45. The molecule has 0 unspecified atom stereocenters. The average molecular weight is 348 g/mol. The van der Waals surface area contributed by atoms with Crippen LogP contribution in [0.5, 0.6) is 0 Å². The first kappa shape index (κ1) is 15.8. The Morgan fingerprint density at radius 1 is 0.923 bits per heavy atom. The number of hydrogen-bond acceptors (Lipinski definition) is 4. The lowest BCUT2D eigenvalue weighted by Crippen LogP contribution is -2.49. The number of amides is 1. The lowest BCUT2D eigenvalue weighted by molar-refractivity contribution is -0.120. The second-order valence-corrected chi connectivity index (χ2v) is 7.59. The highest BCUT2D eigenvalue weighted by Crippen LogP contribution is 2.57. The molecule has 1 aliphatic carbocycles. The van der Waals surface area contributed by atoms with Crippen molar-refractivity contribution in [2.75, 3.05) is 49.1 Å². The van der Waals surface area contributed by atoms with Gasteiger partial charge in [-0.2, -0.15) is 0 Å². The average Bonchev–Trinajstić information content (AvgIpc) is 3.47. The number of aromatic nitrogens is 1. The van der Waals surface area contributed by atoms with Crippen LogP contribution in [0.1, 0.15) is 18.4 Å². The molecule has 1 amide bonds. The summed E-state index contributed by atoms with van der Waals surface area (Å²) in [6, 6.07) is 12.5. The van der Waals surface area contributed by atoms with Crippen molar-refractivity contribution >= 4 is 17.3 Å². The Balaban J connectivity index is 1.21. The van der Waals surface area contributed by atoms with Gasteiger partial charge in [-0.25, -0.2) is 0 Å². The largest absolute Gasteiger partial charge is 0.369 e. The second kappa shape index (κ2) is 6.09. The number of benzene rings is 1. The van der Waals surface area contributed by atoms with E-state index < -0.39 is 0 Å². The number of para-hydroxylation sites is 1. The molecule has 5 rings (SSSR count). The minimum atomic E-state index is -0.170. The molecule has 0 radical (unpaired) electrons. The van der Waals surface area contributed by atoms with Crippen molar-refractivity contribution in [1.29, 1.82) is 0 Å². The molecule has 1 saturated heterocycles. The van der Waals surface area contributed by atoms with Gasteiger partial charge in [0, 0.05) is 63.0 Å². The number of carbonyl (C=O) groups is 1. The van der Waals surface area contributed by atoms with Crippen LogP contribution in [0.2, 0.25) is 0 Å².